The van der Waals surface area contributed by atoms with Crippen molar-refractivity contribution in [1.82, 2.24) is 4.90 Å². The summed E-state index contributed by atoms with van der Waals surface area (Å²) in [5.41, 5.74) is 2.85. The Labute approximate surface area is 241 Å². The van der Waals surface area contributed by atoms with Crippen molar-refractivity contribution in [1.29, 1.82) is 0 Å². The van der Waals surface area contributed by atoms with Crippen LogP contribution < -0.4 is 4.90 Å². The molecule has 0 unspecified atom stereocenters. The summed E-state index contributed by atoms with van der Waals surface area (Å²) in [6.07, 6.45) is 0.215. The van der Waals surface area contributed by atoms with Crippen LogP contribution in [-0.2, 0) is 11.2 Å². The van der Waals surface area contributed by atoms with Gasteiger partial charge in [0.15, 0.2) is 0 Å². The third-order valence-electron chi connectivity index (χ3n) is 6.30. The Kier molecular flexibility index (Phi) is 9.41. The number of anilines is 1. The van der Waals surface area contributed by atoms with Crippen molar-refractivity contribution in [3.8, 4) is 11.1 Å². The molecule has 1 heterocycles. The summed E-state index contributed by atoms with van der Waals surface area (Å²) < 4.78 is 0. The maximum Gasteiger partial charge on any atom is 0.305 e. The molecule has 0 saturated heterocycles. The van der Waals surface area contributed by atoms with E-state index >= 15 is 0 Å². The number of benzene rings is 3. The van der Waals surface area contributed by atoms with Gasteiger partial charge in [0.25, 0.3) is 11.8 Å². The molecule has 2 amide bonds. The van der Waals surface area contributed by atoms with E-state index in [2.05, 4.69) is 0 Å². The fourth-order valence-electron chi connectivity index (χ4n) is 4.25. The molecule has 200 valence electrons. The van der Waals surface area contributed by atoms with E-state index < -0.39 is 5.97 Å². The van der Waals surface area contributed by atoms with E-state index in [1.165, 1.54) is 16.2 Å². The van der Waals surface area contributed by atoms with Crippen molar-refractivity contribution in [2.45, 2.75) is 12.8 Å². The predicted molar refractivity (Wildman–Crippen MR) is 157 cm³/mol. The van der Waals surface area contributed by atoms with Crippen LogP contribution in [0.15, 0.2) is 84.2 Å². The first-order valence-corrected chi connectivity index (χ1v) is 13.8. The van der Waals surface area contributed by atoms with Gasteiger partial charge in [0.2, 0.25) is 0 Å². The number of nitrogens with zero attached hydrogens (tertiary/aromatic N) is 2. The van der Waals surface area contributed by atoms with E-state index in [1.54, 1.807) is 60.5 Å². The van der Waals surface area contributed by atoms with Gasteiger partial charge in [-0.1, -0.05) is 65.7 Å². The maximum atomic E-state index is 13.9. The normalized spacial score (nSPS) is 10.7. The fraction of sp³-hybridized carbons (Fsp3) is 0.167. The summed E-state index contributed by atoms with van der Waals surface area (Å²) in [6, 6.07) is 23.1. The Morgan fingerprint density at radius 3 is 2.05 bits per heavy atom. The molecular weight excluding hydrogens is 555 g/mol. The standard InChI is InChI=1S/C30H26Cl2N2O4S/c1-33(27-11-6-18-39-27)29(37)24-9-4-2-7-22(24)23-8-3-5-10-25(23)30(38)34(17-15-28(35)36)16-14-20-12-13-21(31)19-26(20)32/h2-13,18-19H,14-17H2,1H3,(H,35,36). The van der Waals surface area contributed by atoms with Crippen LogP contribution in [-0.4, -0.2) is 47.9 Å². The minimum Gasteiger partial charge on any atom is -0.481 e. The van der Waals surface area contributed by atoms with Crippen LogP contribution in [0, 0.1) is 0 Å². The number of halogens is 2. The van der Waals surface area contributed by atoms with E-state index in [0.717, 1.165) is 10.6 Å². The summed E-state index contributed by atoms with van der Waals surface area (Å²) >= 11 is 13.8. The summed E-state index contributed by atoms with van der Waals surface area (Å²) in [4.78, 5) is 41.9. The van der Waals surface area contributed by atoms with E-state index in [1.807, 2.05) is 35.7 Å². The molecule has 0 bridgehead atoms. The first-order valence-electron chi connectivity index (χ1n) is 12.2. The number of carboxylic acid groups (broad SMARTS) is 1. The van der Waals surface area contributed by atoms with Gasteiger partial charge in [0, 0.05) is 41.3 Å². The molecule has 0 spiro atoms. The zero-order valence-corrected chi connectivity index (χ0v) is 23.5. The highest BCUT2D eigenvalue weighted by Gasteiger charge is 2.24. The number of carbonyl (C=O) groups excluding carboxylic acids is 2. The minimum atomic E-state index is -1.00. The van der Waals surface area contributed by atoms with Crippen LogP contribution >= 0.6 is 34.5 Å². The van der Waals surface area contributed by atoms with Crippen LogP contribution in [0.5, 0.6) is 0 Å². The lowest BCUT2D eigenvalue weighted by Gasteiger charge is -2.24. The second-order valence-electron chi connectivity index (χ2n) is 8.83. The largest absolute Gasteiger partial charge is 0.481 e. The summed E-state index contributed by atoms with van der Waals surface area (Å²) in [6.45, 7) is 0.277. The van der Waals surface area contributed by atoms with Crippen LogP contribution in [0.4, 0.5) is 5.00 Å². The van der Waals surface area contributed by atoms with E-state index in [4.69, 9.17) is 23.2 Å². The van der Waals surface area contributed by atoms with Gasteiger partial charge in [0.1, 0.15) is 0 Å². The zero-order valence-electron chi connectivity index (χ0n) is 21.1. The number of carbonyl (C=O) groups is 3. The molecule has 1 aromatic heterocycles. The minimum absolute atomic E-state index is 0.0232. The van der Waals surface area contributed by atoms with E-state index in [0.29, 0.717) is 38.7 Å². The van der Waals surface area contributed by atoms with Gasteiger partial charge in [-0.3, -0.25) is 14.4 Å². The zero-order chi connectivity index (χ0) is 27.9. The molecule has 6 nitrogen and oxygen atoms in total. The van der Waals surface area contributed by atoms with Gasteiger partial charge < -0.3 is 14.9 Å². The highest BCUT2D eigenvalue weighted by molar-refractivity contribution is 7.14. The summed E-state index contributed by atoms with van der Waals surface area (Å²) in [7, 11) is 1.72. The summed E-state index contributed by atoms with van der Waals surface area (Å²) in [5, 5.41) is 13.0. The Balaban J connectivity index is 1.67. The van der Waals surface area contributed by atoms with Crippen molar-refractivity contribution in [2.24, 2.45) is 0 Å². The summed E-state index contributed by atoms with van der Waals surface area (Å²) in [5.74, 6) is -1.53. The molecule has 0 atom stereocenters. The Bertz CT molecular complexity index is 1490. The van der Waals surface area contributed by atoms with Gasteiger partial charge in [-0.05, 0) is 64.9 Å². The molecule has 0 aliphatic carbocycles. The second kappa shape index (κ2) is 12.9. The fourth-order valence-corrected chi connectivity index (χ4v) is 5.44. The van der Waals surface area contributed by atoms with Gasteiger partial charge >= 0.3 is 5.97 Å². The second-order valence-corrected chi connectivity index (χ2v) is 10.6. The molecule has 4 aromatic rings. The number of rotatable bonds is 10. The number of amides is 2. The molecule has 9 heteroatoms. The molecule has 3 aromatic carbocycles. The Morgan fingerprint density at radius 1 is 0.821 bits per heavy atom. The van der Waals surface area contributed by atoms with Crippen LogP contribution in [0.3, 0.4) is 0 Å². The lowest BCUT2D eigenvalue weighted by Crippen LogP contribution is -2.35. The molecule has 39 heavy (non-hydrogen) atoms. The van der Waals surface area contributed by atoms with Crippen molar-refractivity contribution >= 4 is 57.3 Å². The number of carboxylic acids is 1. The number of thiophene rings is 1. The molecule has 0 aliphatic rings. The van der Waals surface area contributed by atoms with Crippen LogP contribution in [0.2, 0.25) is 10.0 Å². The average Bonchev–Trinajstić information content (AvgIpc) is 3.48. The monoisotopic (exact) mass is 580 g/mol. The molecular formula is C30H26Cl2N2O4S. The number of hydrogen-bond donors (Lipinski definition) is 1. The van der Waals surface area contributed by atoms with Gasteiger partial charge in [-0.2, -0.15) is 0 Å². The molecule has 0 fully saturated rings. The molecule has 1 N–H and O–H groups in total. The number of aliphatic carboxylic acids is 1. The van der Waals surface area contributed by atoms with Crippen LogP contribution in [0.25, 0.3) is 11.1 Å². The van der Waals surface area contributed by atoms with Gasteiger partial charge in [-0.15, -0.1) is 11.3 Å². The number of hydrogen-bond acceptors (Lipinski definition) is 4. The predicted octanol–water partition coefficient (Wildman–Crippen LogP) is 7.16. The first kappa shape index (κ1) is 28.4. The average molecular weight is 582 g/mol. The topological polar surface area (TPSA) is 77.9 Å². The molecule has 0 aliphatic heterocycles. The van der Waals surface area contributed by atoms with E-state index in [9.17, 15) is 19.5 Å². The third kappa shape index (κ3) is 6.87. The molecule has 4 rings (SSSR count). The highest BCUT2D eigenvalue weighted by Crippen LogP contribution is 2.31. The quantitative estimate of drug-likeness (QED) is 0.216. The van der Waals surface area contributed by atoms with Crippen molar-refractivity contribution < 1.29 is 19.5 Å². The molecule has 0 radical (unpaired) electrons. The van der Waals surface area contributed by atoms with Gasteiger partial charge in [-0.25, -0.2) is 0 Å². The maximum absolute atomic E-state index is 13.9. The lowest BCUT2D eigenvalue weighted by molar-refractivity contribution is -0.137. The van der Waals surface area contributed by atoms with Crippen LogP contribution in [0.1, 0.15) is 32.7 Å². The highest BCUT2D eigenvalue weighted by atomic mass is 35.5. The van der Waals surface area contributed by atoms with Crippen molar-refractivity contribution in [3.05, 3.63) is 111 Å². The Hall–Kier alpha value is -3.65. The van der Waals surface area contributed by atoms with Gasteiger partial charge in [0.05, 0.1) is 11.4 Å². The lowest BCUT2D eigenvalue weighted by atomic mass is 9.94. The smallest absolute Gasteiger partial charge is 0.305 e. The van der Waals surface area contributed by atoms with Crippen molar-refractivity contribution in [3.63, 3.8) is 0 Å². The third-order valence-corrected chi connectivity index (χ3v) is 7.83. The first-order chi connectivity index (χ1) is 18.8. The van der Waals surface area contributed by atoms with E-state index in [-0.39, 0.29) is 31.3 Å². The Morgan fingerprint density at radius 2 is 1.46 bits per heavy atom. The SMILES string of the molecule is CN(C(=O)c1ccccc1-c1ccccc1C(=O)N(CCC(=O)O)CCc1ccc(Cl)cc1Cl)c1cccs1. The molecule has 0 saturated carbocycles. The van der Waals surface area contributed by atoms with Crippen molar-refractivity contribution in [2.75, 3.05) is 25.0 Å².